The lowest BCUT2D eigenvalue weighted by molar-refractivity contribution is 0.433. The summed E-state index contributed by atoms with van der Waals surface area (Å²) in [5, 5.41) is 0. The van der Waals surface area contributed by atoms with Crippen LogP contribution in [0.15, 0.2) is 36.4 Å². The Bertz CT molecular complexity index is 611. The van der Waals surface area contributed by atoms with Gasteiger partial charge in [-0.15, -0.1) is 0 Å². The van der Waals surface area contributed by atoms with Crippen molar-refractivity contribution in [2.24, 2.45) is 5.73 Å². The predicted octanol–water partition coefficient (Wildman–Crippen LogP) is 4.18. The van der Waals surface area contributed by atoms with E-state index in [1.807, 2.05) is 6.92 Å². The molecule has 112 valence electrons. The second kappa shape index (κ2) is 6.63. The van der Waals surface area contributed by atoms with Gasteiger partial charge >= 0.3 is 0 Å². The number of rotatable bonds is 5. The van der Waals surface area contributed by atoms with E-state index in [4.69, 9.17) is 10.5 Å². The molecule has 0 fully saturated rings. The van der Waals surface area contributed by atoms with Crippen LogP contribution in [0, 0.1) is 17.5 Å². The molecule has 2 aromatic carbocycles. The van der Waals surface area contributed by atoms with E-state index in [9.17, 15) is 13.2 Å². The van der Waals surface area contributed by atoms with E-state index in [1.165, 1.54) is 12.1 Å². The van der Waals surface area contributed by atoms with E-state index in [2.05, 4.69) is 0 Å². The van der Waals surface area contributed by atoms with Crippen molar-refractivity contribution in [1.82, 2.24) is 0 Å². The van der Waals surface area contributed by atoms with E-state index in [0.29, 0.717) is 6.42 Å². The third-order valence-corrected chi connectivity index (χ3v) is 3.08. The Kier molecular flexibility index (Phi) is 4.85. The third-order valence-electron chi connectivity index (χ3n) is 3.08. The molecule has 2 aromatic rings. The van der Waals surface area contributed by atoms with E-state index >= 15 is 0 Å². The number of hydrogen-bond donors (Lipinski definition) is 1. The zero-order chi connectivity index (χ0) is 15.4. The monoisotopic (exact) mass is 295 g/mol. The molecule has 5 heteroatoms. The van der Waals surface area contributed by atoms with Crippen LogP contribution in [0.5, 0.6) is 11.5 Å². The van der Waals surface area contributed by atoms with Crippen LogP contribution < -0.4 is 10.5 Å². The molecule has 21 heavy (non-hydrogen) atoms. The van der Waals surface area contributed by atoms with Gasteiger partial charge in [0.15, 0.2) is 11.6 Å². The van der Waals surface area contributed by atoms with Gasteiger partial charge in [-0.25, -0.2) is 13.2 Å². The SMILES string of the molecule is CCC(N)Cc1ccc(Oc2cc(F)cc(F)c2)c(F)c1. The molecule has 2 rings (SSSR count). The Labute approximate surface area is 121 Å². The van der Waals surface area contributed by atoms with Crippen molar-refractivity contribution in [3.05, 3.63) is 59.4 Å². The first-order chi connectivity index (χ1) is 9.97. The molecule has 0 aliphatic rings. The highest BCUT2D eigenvalue weighted by atomic mass is 19.1. The normalized spacial score (nSPS) is 12.2. The van der Waals surface area contributed by atoms with Crippen molar-refractivity contribution in [1.29, 1.82) is 0 Å². The average molecular weight is 295 g/mol. The molecule has 0 bridgehead atoms. The van der Waals surface area contributed by atoms with E-state index < -0.39 is 17.5 Å². The number of nitrogens with two attached hydrogens (primary N) is 1. The average Bonchev–Trinajstić information content (AvgIpc) is 2.40. The van der Waals surface area contributed by atoms with Gasteiger partial charge in [-0.3, -0.25) is 0 Å². The molecule has 0 spiro atoms. The van der Waals surface area contributed by atoms with Gasteiger partial charge in [0, 0.05) is 24.2 Å². The number of halogens is 3. The van der Waals surface area contributed by atoms with Crippen LogP contribution in [-0.4, -0.2) is 6.04 Å². The lowest BCUT2D eigenvalue weighted by Gasteiger charge is -2.11. The van der Waals surface area contributed by atoms with Gasteiger partial charge in [0.1, 0.15) is 17.4 Å². The van der Waals surface area contributed by atoms with Crippen molar-refractivity contribution < 1.29 is 17.9 Å². The van der Waals surface area contributed by atoms with Gasteiger partial charge in [-0.1, -0.05) is 13.0 Å². The van der Waals surface area contributed by atoms with Gasteiger partial charge in [-0.05, 0) is 30.5 Å². The predicted molar refractivity (Wildman–Crippen MR) is 74.8 cm³/mol. The summed E-state index contributed by atoms with van der Waals surface area (Å²) < 4.78 is 45.2. The fraction of sp³-hybridized carbons (Fsp3) is 0.250. The molecular formula is C16H16F3NO. The minimum Gasteiger partial charge on any atom is -0.454 e. The standard InChI is InChI=1S/C16H16F3NO/c1-2-13(20)5-10-3-4-16(15(19)6-10)21-14-8-11(17)7-12(18)9-14/h3-4,6-9,13H,2,5,20H2,1H3. The summed E-state index contributed by atoms with van der Waals surface area (Å²) in [7, 11) is 0. The summed E-state index contributed by atoms with van der Waals surface area (Å²) in [5.41, 5.74) is 6.56. The van der Waals surface area contributed by atoms with Crippen LogP contribution in [0.3, 0.4) is 0 Å². The quantitative estimate of drug-likeness (QED) is 0.898. The van der Waals surface area contributed by atoms with Crippen molar-refractivity contribution in [3.8, 4) is 11.5 Å². The maximum Gasteiger partial charge on any atom is 0.165 e. The topological polar surface area (TPSA) is 35.2 Å². The van der Waals surface area contributed by atoms with Crippen LogP contribution in [0.2, 0.25) is 0 Å². The van der Waals surface area contributed by atoms with Gasteiger partial charge < -0.3 is 10.5 Å². The molecule has 1 atom stereocenters. The molecular weight excluding hydrogens is 279 g/mol. The largest absolute Gasteiger partial charge is 0.454 e. The summed E-state index contributed by atoms with van der Waals surface area (Å²) >= 11 is 0. The Balaban J connectivity index is 2.17. The first-order valence-electron chi connectivity index (χ1n) is 6.66. The van der Waals surface area contributed by atoms with Crippen molar-refractivity contribution in [2.75, 3.05) is 0 Å². The first kappa shape index (κ1) is 15.4. The van der Waals surface area contributed by atoms with Gasteiger partial charge in [0.25, 0.3) is 0 Å². The molecule has 2 N–H and O–H groups in total. The highest BCUT2D eigenvalue weighted by Crippen LogP contribution is 2.26. The summed E-state index contributed by atoms with van der Waals surface area (Å²) in [4.78, 5) is 0. The molecule has 0 saturated heterocycles. The van der Waals surface area contributed by atoms with Crippen LogP contribution in [0.1, 0.15) is 18.9 Å². The molecule has 0 aliphatic heterocycles. The lowest BCUT2D eigenvalue weighted by atomic mass is 10.0. The fourth-order valence-electron chi connectivity index (χ4n) is 1.92. The maximum atomic E-state index is 13.9. The van der Waals surface area contributed by atoms with Crippen LogP contribution in [0.4, 0.5) is 13.2 Å². The Morgan fingerprint density at radius 3 is 2.29 bits per heavy atom. The van der Waals surface area contributed by atoms with E-state index in [0.717, 1.165) is 30.2 Å². The molecule has 1 unspecified atom stereocenters. The highest BCUT2D eigenvalue weighted by Gasteiger charge is 2.10. The maximum absolute atomic E-state index is 13.9. The summed E-state index contributed by atoms with van der Waals surface area (Å²) in [5.74, 6) is -2.34. The third kappa shape index (κ3) is 4.23. The van der Waals surface area contributed by atoms with Crippen LogP contribution in [-0.2, 0) is 6.42 Å². The smallest absolute Gasteiger partial charge is 0.165 e. The number of hydrogen-bond acceptors (Lipinski definition) is 2. The summed E-state index contributed by atoms with van der Waals surface area (Å²) in [6, 6.07) is 7.10. The minimum atomic E-state index is -0.782. The fourth-order valence-corrected chi connectivity index (χ4v) is 1.92. The molecule has 0 aromatic heterocycles. The highest BCUT2D eigenvalue weighted by molar-refractivity contribution is 5.35. The zero-order valence-corrected chi connectivity index (χ0v) is 11.6. The van der Waals surface area contributed by atoms with Crippen LogP contribution in [0.25, 0.3) is 0 Å². The van der Waals surface area contributed by atoms with Gasteiger partial charge in [0.2, 0.25) is 0 Å². The van der Waals surface area contributed by atoms with Gasteiger partial charge in [0.05, 0.1) is 0 Å². The van der Waals surface area contributed by atoms with E-state index in [-0.39, 0.29) is 17.5 Å². The minimum absolute atomic E-state index is 0.0338. The van der Waals surface area contributed by atoms with Crippen molar-refractivity contribution in [2.45, 2.75) is 25.8 Å². The Hall–Kier alpha value is -2.01. The van der Waals surface area contributed by atoms with E-state index in [1.54, 1.807) is 6.07 Å². The van der Waals surface area contributed by atoms with Gasteiger partial charge in [-0.2, -0.15) is 0 Å². The Morgan fingerprint density at radius 2 is 1.71 bits per heavy atom. The number of benzene rings is 2. The molecule has 0 radical (unpaired) electrons. The molecule has 0 amide bonds. The first-order valence-corrected chi connectivity index (χ1v) is 6.66. The van der Waals surface area contributed by atoms with Crippen molar-refractivity contribution in [3.63, 3.8) is 0 Å². The molecule has 0 saturated carbocycles. The summed E-state index contributed by atoms with van der Waals surface area (Å²) in [6.07, 6.45) is 1.35. The second-order valence-corrected chi connectivity index (χ2v) is 4.84. The molecule has 0 aliphatic carbocycles. The van der Waals surface area contributed by atoms with Crippen LogP contribution >= 0.6 is 0 Å². The zero-order valence-electron chi connectivity index (χ0n) is 11.6. The number of ether oxygens (including phenoxy) is 1. The van der Waals surface area contributed by atoms with Crippen molar-refractivity contribution >= 4 is 0 Å². The summed E-state index contributed by atoms with van der Waals surface area (Å²) in [6.45, 7) is 1.96. The molecule has 2 nitrogen and oxygen atoms in total. The second-order valence-electron chi connectivity index (χ2n) is 4.84. The Morgan fingerprint density at radius 1 is 1.05 bits per heavy atom. The molecule has 0 heterocycles. The lowest BCUT2D eigenvalue weighted by Crippen LogP contribution is -2.21.